The van der Waals surface area contributed by atoms with Gasteiger partial charge in [-0.2, -0.15) is 0 Å². The number of β-lactam (4-membered cyclic amide) rings is 1. The third-order valence-corrected chi connectivity index (χ3v) is 6.27. The molecule has 2 aliphatic rings. The predicted octanol–water partition coefficient (Wildman–Crippen LogP) is -0.119. The Morgan fingerprint density at radius 1 is 1.48 bits per heavy atom. The van der Waals surface area contributed by atoms with Crippen molar-refractivity contribution < 1.29 is 23.9 Å². The number of furan rings is 1. The number of thioether (sulfide) groups is 1. The summed E-state index contributed by atoms with van der Waals surface area (Å²) in [6.45, 7) is 3.91. The third-order valence-electron chi connectivity index (χ3n) is 4.70. The number of carbonyl (C=O) groups is 3. The van der Waals surface area contributed by atoms with Gasteiger partial charge in [0, 0.05) is 4.75 Å². The van der Waals surface area contributed by atoms with Gasteiger partial charge in [0.25, 0.3) is 0 Å². The topological polar surface area (TPSA) is 154 Å². The highest BCUT2D eigenvalue weighted by molar-refractivity contribution is 8.01. The maximum absolute atomic E-state index is 12.7. The average molecular weight is 392 g/mol. The van der Waals surface area contributed by atoms with Gasteiger partial charge in [0.15, 0.2) is 11.7 Å². The molecule has 11 nitrogen and oxygen atoms in total. The minimum absolute atomic E-state index is 0.00800. The average Bonchev–Trinajstić information content (AvgIpc) is 3.32. The number of fused-ring (bicyclic) bond motifs is 1. The van der Waals surface area contributed by atoms with Crippen molar-refractivity contribution in [2.45, 2.75) is 42.0 Å². The van der Waals surface area contributed by atoms with Gasteiger partial charge in [0.1, 0.15) is 23.2 Å². The summed E-state index contributed by atoms with van der Waals surface area (Å²) < 4.78 is 4.66. The first-order valence-electron chi connectivity index (χ1n) is 8.11. The normalized spacial score (nSPS) is 27.0. The Morgan fingerprint density at radius 3 is 2.85 bits per heavy atom. The summed E-state index contributed by atoms with van der Waals surface area (Å²) in [6, 6.07) is 1.72. The van der Waals surface area contributed by atoms with E-state index in [-0.39, 0.29) is 23.1 Å². The summed E-state index contributed by atoms with van der Waals surface area (Å²) in [5.41, 5.74) is 0. The number of carboxylic acid groups (broad SMARTS) is 1. The molecule has 0 bridgehead atoms. The van der Waals surface area contributed by atoms with Crippen LogP contribution in [0.2, 0.25) is 0 Å². The lowest BCUT2D eigenvalue weighted by Gasteiger charge is -2.44. The van der Waals surface area contributed by atoms with Gasteiger partial charge in [-0.15, -0.1) is 16.9 Å². The van der Waals surface area contributed by atoms with Crippen LogP contribution in [-0.2, 0) is 14.4 Å². The molecular formula is C15H16N6O5S. The summed E-state index contributed by atoms with van der Waals surface area (Å²) in [7, 11) is 0. The summed E-state index contributed by atoms with van der Waals surface area (Å²) in [5.74, 6) is -3.50. The number of carboxylic acids is 1. The number of rotatable bonds is 5. The highest BCUT2D eigenvalue weighted by atomic mass is 32.2. The van der Waals surface area contributed by atoms with E-state index in [0.717, 1.165) is 0 Å². The molecule has 2 saturated heterocycles. The Labute approximate surface area is 156 Å². The number of aliphatic carboxylic acids is 1. The molecule has 2 amide bonds. The van der Waals surface area contributed by atoms with Crippen LogP contribution in [0.15, 0.2) is 22.8 Å². The molecule has 4 heterocycles. The summed E-state index contributed by atoms with van der Waals surface area (Å²) in [6.07, 6.45) is 1.29. The molecule has 0 aromatic carbocycles. The second-order valence-corrected chi connectivity index (χ2v) is 8.59. The smallest absolute Gasteiger partial charge is 0.323 e. The molecule has 2 aromatic rings. The van der Waals surface area contributed by atoms with E-state index in [4.69, 9.17) is 4.42 Å². The van der Waals surface area contributed by atoms with Crippen molar-refractivity contribution in [2.75, 3.05) is 0 Å². The van der Waals surface area contributed by atoms with Crippen LogP contribution in [0, 0.1) is 0 Å². The molecule has 0 aliphatic carbocycles. The third kappa shape index (κ3) is 2.67. The number of aromatic amines is 1. The van der Waals surface area contributed by atoms with Gasteiger partial charge >= 0.3 is 5.97 Å². The Kier molecular flexibility index (Phi) is 3.94. The van der Waals surface area contributed by atoms with Crippen LogP contribution in [0.5, 0.6) is 0 Å². The Bertz CT molecular complexity index is 883. The first kappa shape index (κ1) is 17.5. The van der Waals surface area contributed by atoms with Gasteiger partial charge in [-0.3, -0.25) is 14.4 Å². The molecule has 2 aliphatic heterocycles. The Morgan fingerprint density at radius 2 is 2.26 bits per heavy atom. The lowest BCUT2D eigenvalue weighted by molar-refractivity contribution is -0.154. The van der Waals surface area contributed by atoms with E-state index in [0.29, 0.717) is 5.82 Å². The van der Waals surface area contributed by atoms with Crippen molar-refractivity contribution in [1.82, 2.24) is 30.8 Å². The summed E-state index contributed by atoms with van der Waals surface area (Å²) in [4.78, 5) is 38.3. The molecule has 0 saturated carbocycles. The van der Waals surface area contributed by atoms with Crippen molar-refractivity contribution in [3.05, 3.63) is 30.0 Å². The number of H-pyrrole nitrogens is 1. The highest BCUT2D eigenvalue weighted by Crippen LogP contribution is 2.56. The first-order chi connectivity index (χ1) is 12.8. The van der Waals surface area contributed by atoms with Gasteiger partial charge in [-0.05, 0) is 36.4 Å². The van der Waals surface area contributed by atoms with Crippen molar-refractivity contribution >= 4 is 29.5 Å². The van der Waals surface area contributed by atoms with Crippen molar-refractivity contribution in [1.29, 1.82) is 0 Å². The molecule has 0 spiro atoms. The first-order valence-corrected chi connectivity index (χ1v) is 8.99. The van der Waals surface area contributed by atoms with Crippen LogP contribution >= 0.6 is 11.8 Å². The quantitative estimate of drug-likeness (QED) is 0.466. The zero-order valence-electron chi connectivity index (χ0n) is 14.3. The SMILES string of the molecule is CC1(C)S[C@H]2C(NC(=O)C(C(=O)O)c3ccco3)C(=O)N2C1c1nnn[nH]1. The summed E-state index contributed by atoms with van der Waals surface area (Å²) in [5, 5.41) is 25.3. The number of hydrogen-bond donors (Lipinski definition) is 3. The molecule has 2 aromatic heterocycles. The molecule has 3 unspecified atom stereocenters. The zero-order chi connectivity index (χ0) is 19.3. The van der Waals surface area contributed by atoms with Gasteiger partial charge in [0.05, 0.1) is 6.26 Å². The summed E-state index contributed by atoms with van der Waals surface area (Å²) >= 11 is 1.50. The molecule has 3 N–H and O–H groups in total. The maximum atomic E-state index is 12.7. The molecule has 0 radical (unpaired) electrons. The molecule has 12 heteroatoms. The molecule has 4 atom stereocenters. The Balaban J connectivity index is 1.53. The van der Waals surface area contributed by atoms with E-state index in [1.54, 1.807) is 4.90 Å². The van der Waals surface area contributed by atoms with Crippen LogP contribution in [0.25, 0.3) is 0 Å². The van der Waals surface area contributed by atoms with Crippen LogP contribution < -0.4 is 5.32 Å². The molecule has 27 heavy (non-hydrogen) atoms. The number of hydrogen-bond acceptors (Lipinski definition) is 8. The fourth-order valence-electron chi connectivity index (χ4n) is 3.53. The molecular weight excluding hydrogens is 376 g/mol. The van der Waals surface area contributed by atoms with E-state index in [1.165, 1.54) is 30.2 Å². The largest absolute Gasteiger partial charge is 0.480 e. The van der Waals surface area contributed by atoms with Gasteiger partial charge in [-0.1, -0.05) is 0 Å². The number of tetrazole rings is 1. The van der Waals surface area contributed by atoms with E-state index in [1.807, 2.05) is 13.8 Å². The van der Waals surface area contributed by atoms with E-state index in [9.17, 15) is 19.5 Å². The lowest BCUT2D eigenvalue weighted by atomic mass is 9.95. The van der Waals surface area contributed by atoms with Crippen LogP contribution in [0.1, 0.15) is 37.4 Å². The molecule has 2 fully saturated rings. The van der Waals surface area contributed by atoms with E-state index >= 15 is 0 Å². The van der Waals surface area contributed by atoms with Crippen molar-refractivity contribution in [3.63, 3.8) is 0 Å². The van der Waals surface area contributed by atoms with Gasteiger partial charge < -0.3 is 19.7 Å². The maximum Gasteiger partial charge on any atom is 0.323 e. The monoisotopic (exact) mass is 392 g/mol. The second-order valence-electron chi connectivity index (χ2n) is 6.82. The van der Waals surface area contributed by atoms with E-state index in [2.05, 4.69) is 25.9 Å². The Hall–Kier alpha value is -2.89. The fourth-order valence-corrected chi connectivity index (χ4v) is 5.16. The number of nitrogens with zero attached hydrogens (tertiary/aromatic N) is 4. The van der Waals surface area contributed by atoms with Crippen LogP contribution in [0.3, 0.4) is 0 Å². The van der Waals surface area contributed by atoms with Crippen molar-refractivity contribution in [2.24, 2.45) is 0 Å². The minimum Gasteiger partial charge on any atom is -0.480 e. The fraction of sp³-hybridized carbons (Fsp3) is 0.467. The van der Waals surface area contributed by atoms with Crippen LogP contribution in [-0.4, -0.2) is 64.6 Å². The minimum atomic E-state index is -1.52. The van der Waals surface area contributed by atoms with Gasteiger partial charge in [-0.25, -0.2) is 5.10 Å². The number of amides is 2. The van der Waals surface area contributed by atoms with Crippen molar-refractivity contribution in [3.8, 4) is 0 Å². The van der Waals surface area contributed by atoms with E-state index < -0.39 is 28.6 Å². The number of carbonyl (C=O) groups excluding carboxylic acids is 2. The van der Waals surface area contributed by atoms with Crippen LogP contribution in [0.4, 0.5) is 0 Å². The van der Waals surface area contributed by atoms with Gasteiger partial charge in [0.2, 0.25) is 11.8 Å². The predicted molar refractivity (Wildman–Crippen MR) is 90.2 cm³/mol. The second kappa shape index (κ2) is 6.08. The number of nitrogens with one attached hydrogen (secondary N) is 2. The molecule has 4 rings (SSSR count). The lowest BCUT2D eigenvalue weighted by Crippen LogP contribution is -2.68. The molecule has 142 valence electrons. The highest BCUT2D eigenvalue weighted by Gasteiger charge is 2.63. The zero-order valence-corrected chi connectivity index (χ0v) is 15.1. The standard InChI is InChI=1S/C15H16N6O5S/c1-15(2)9(10-17-19-20-18-10)21-12(23)8(13(21)27-15)16-11(22)7(14(24)25)6-4-3-5-26-6/h3-5,7-9,13H,1-2H3,(H,16,22)(H,24,25)(H,17,18,19,20)/t7?,8?,9?,13-/m0/s1. The number of aromatic nitrogens is 4.